The lowest BCUT2D eigenvalue weighted by Gasteiger charge is -2.14. The molecule has 0 atom stereocenters. The predicted molar refractivity (Wildman–Crippen MR) is 94.8 cm³/mol. The Morgan fingerprint density at radius 2 is 2.00 bits per heavy atom. The van der Waals surface area contributed by atoms with Gasteiger partial charge in [-0.2, -0.15) is 0 Å². The molecule has 19 heavy (non-hydrogen) atoms. The third kappa shape index (κ3) is 7.62. The number of aliphatic imine (C=N–C) groups is 1. The van der Waals surface area contributed by atoms with Gasteiger partial charge in [0.1, 0.15) is 0 Å². The molecule has 0 amide bonds. The van der Waals surface area contributed by atoms with Crippen LogP contribution < -0.4 is 10.6 Å². The Hall–Kier alpha value is -0.490. The van der Waals surface area contributed by atoms with Gasteiger partial charge in [-0.25, -0.2) is 0 Å². The van der Waals surface area contributed by atoms with E-state index in [0.717, 1.165) is 30.4 Å². The summed E-state index contributed by atoms with van der Waals surface area (Å²) in [6, 6.07) is 8.37. The Morgan fingerprint density at radius 3 is 2.58 bits per heavy atom. The molecule has 0 spiro atoms. The molecule has 0 aliphatic heterocycles. The molecule has 1 rings (SSSR count). The fourth-order valence-corrected chi connectivity index (χ4v) is 1.89. The average Bonchev–Trinajstić information content (AvgIpc) is 2.34. The summed E-state index contributed by atoms with van der Waals surface area (Å²) in [6.07, 6.45) is 2.01. The van der Waals surface area contributed by atoms with Crippen molar-refractivity contribution in [2.45, 2.75) is 32.7 Å². The molecule has 0 fully saturated rings. The molecule has 0 saturated carbocycles. The first-order valence-electron chi connectivity index (χ1n) is 6.34. The van der Waals surface area contributed by atoms with E-state index < -0.39 is 0 Å². The van der Waals surface area contributed by atoms with Crippen molar-refractivity contribution in [3.8, 4) is 0 Å². The van der Waals surface area contributed by atoms with Gasteiger partial charge in [-0.05, 0) is 38.3 Å². The minimum Gasteiger partial charge on any atom is -0.356 e. The standard InChI is InChI=1S/C14H22ClN3.HI/c1-11(2)18-14(16-3)17-10-6-8-12-7-4-5-9-13(12)15;/h4-5,7,9,11H,6,8,10H2,1-3H3,(H2,16,17,18);1H. The lowest BCUT2D eigenvalue weighted by atomic mass is 10.1. The Bertz CT molecular complexity index is 394. The average molecular weight is 396 g/mol. The van der Waals surface area contributed by atoms with Crippen LogP contribution in [0.4, 0.5) is 0 Å². The van der Waals surface area contributed by atoms with Gasteiger partial charge in [0.2, 0.25) is 0 Å². The monoisotopic (exact) mass is 395 g/mol. The molecule has 0 heterocycles. The highest BCUT2D eigenvalue weighted by molar-refractivity contribution is 14.0. The minimum atomic E-state index is 0. The second kappa shape index (κ2) is 10.3. The molecule has 1 aromatic rings. The highest BCUT2D eigenvalue weighted by Gasteiger charge is 2.01. The van der Waals surface area contributed by atoms with E-state index in [9.17, 15) is 0 Å². The lowest BCUT2D eigenvalue weighted by molar-refractivity contribution is 0.685. The number of nitrogens with zero attached hydrogens (tertiary/aromatic N) is 1. The molecule has 0 aliphatic rings. The second-order valence-corrected chi connectivity index (χ2v) is 4.90. The minimum absolute atomic E-state index is 0. The van der Waals surface area contributed by atoms with Gasteiger partial charge in [0.05, 0.1) is 0 Å². The zero-order chi connectivity index (χ0) is 13.4. The largest absolute Gasteiger partial charge is 0.356 e. The zero-order valence-corrected chi connectivity index (χ0v) is 14.8. The summed E-state index contributed by atoms with van der Waals surface area (Å²) >= 11 is 6.11. The molecule has 0 aliphatic carbocycles. The van der Waals surface area contributed by atoms with Crippen molar-refractivity contribution < 1.29 is 0 Å². The Labute approximate surface area is 138 Å². The number of benzene rings is 1. The summed E-state index contributed by atoms with van der Waals surface area (Å²) in [4.78, 5) is 4.16. The Morgan fingerprint density at radius 1 is 1.32 bits per heavy atom. The first kappa shape index (κ1) is 18.5. The van der Waals surface area contributed by atoms with Gasteiger partial charge in [0.25, 0.3) is 0 Å². The normalized spacial score (nSPS) is 11.1. The van der Waals surface area contributed by atoms with Gasteiger partial charge >= 0.3 is 0 Å². The van der Waals surface area contributed by atoms with Crippen molar-refractivity contribution in [3.05, 3.63) is 34.9 Å². The maximum absolute atomic E-state index is 6.11. The van der Waals surface area contributed by atoms with E-state index in [1.165, 1.54) is 5.56 Å². The van der Waals surface area contributed by atoms with Gasteiger partial charge in [0.15, 0.2) is 5.96 Å². The first-order valence-corrected chi connectivity index (χ1v) is 6.72. The van der Waals surface area contributed by atoms with Crippen molar-refractivity contribution in [1.82, 2.24) is 10.6 Å². The summed E-state index contributed by atoms with van der Waals surface area (Å²) in [5.74, 6) is 0.851. The molecule has 3 nitrogen and oxygen atoms in total. The smallest absolute Gasteiger partial charge is 0.191 e. The summed E-state index contributed by atoms with van der Waals surface area (Å²) in [5.41, 5.74) is 1.20. The van der Waals surface area contributed by atoms with E-state index >= 15 is 0 Å². The van der Waals surface area contributed by atoms with Gasteiger partial charge in [-0.1, -0.05) is 29.8 Å². The van der Waals surface area contributed by atoms with Crippen LogP contribution >= 0.6 is 35.6 Å². The number of aryl methyl sites for hydroxylation is 1. The van der Waals surface area contributed by atoms with Crippen molar-refractivity contribution in [3.63, 3.8) is 0 Å². The molecule has 1 aromatic carbocycles. The molecule has 0 unspecified atom stereocenters. The maximum atomic E-state index is 6.11. The summed E-state index contributed by atoms with van der Waals surface area (Å²) in [7, 11) is 1.78. The summed E-state index contributed by atoms with van der Waals surface area (Å²) in [5, 5.41) is 7.39. The van der Waals surface area contributed by atoms with Crippen LogP contribution in [0.5, 0.6) is 0 Å². The number of nitrogens with one attached hydrogen (secondary N) is 2. The fraction of sp³-hybridized carbons (Fsp3) is 0.500. The third-order valence-electron chi connectivity index (χ3n) is 2.52. The molecule has 108 valence electrons. The molecule has 0 saturated heterocycles. The number of halogens is 2. The molecular formula is C14H23ClIN3. The predicted octanol–water partition coefficient (Wildman–Crippen LogP) is 3.46. The number of rotatable bonds is 5. The SMILES string of the molecule is CN=C(NCCCc1ccccc1Cl)NC(C)C.I. The van der Waals surface area contributed by atoms with Crippen LogP contribution in [-0.4, -0.2) is 25.6 Å². The molecule has 0 radical (unpaired) electrons. The van der Waals surface area contributed by atoms with Crippen LogP contribution in [0.15, 0.2) is 29.3 Å². The van der Waals surface area contributed by atoms with E-state index in [-0.39, 0.29) is 24.0 Å². The Kier molecular flexibility index (Phi) is 10.0. The number of hydrogen-bond acceptors (Lipinski definition) is 1. The number of guanidine groups is 1. The topological polar surface area (TPSA) is 36.4 Å². The fourth-order valence-electron chi connectivity index (χ4n) is 1.65. The summed E-state index contributed by atoms with van der Waals surface area (Å²) in [6.45, 7) is 5.07. The van der Waals surface area contributed by atoms with Gasteiger partial charge in [-0.15, -0.1) is 24.0 Å². The third-order valence-corrected chi connectivity index (χ3v) is 2.89. The zero-order valence-electron chi connectivity index (χ0n) is 11.7. The van der Waals surface area contributed by atoms with Gasteiger partial charge in [0, 0.05) is 24.7 Å². The quantitative estimate of drug-likeness (QED) is 0.347. The second-order valence-electron chi connectivity index (χ2n) is 4.49. The van der Waals surface area contributed by atoms with Gasteiger partial charge in [-0.3, -0.25) is 4.99 Å². The van der Waals surface area contributed by atoms with E-state index in [4.69, 9.17) is 11.6 Å². The van der Waals surface area contributed by atoms with E-state index in [1.54, 1.807) is 7.05 Å². The van der Waals surface area contributed by atoms with E-state index in [0.29, 0.717) is 6.04 Å². The van der Waals surface area contributed by atoms with Crippen LogP contribution in [0.3, 0.4) is 0 Å². The van der Waals surface area contributed by atoms with Crippen molar-refractivity contribution in [2.75, 3.05) is 13.6 Å². The molecule has 2 N–H and O–H groups in total. The Balaban J connectivity index is 0.00000324. The molecule has 5 heteroatoms. The first-order chi connectivity index (χ1) is 8.63. The molecule has 0 bridgehead atoms. The molecule has 0 aromatic heterocycles. The van der Waals surface area contributed by atoms with Crippen LogP contribution in [-0.2, 0) is 6.42 Å². The van der Waals surface area contributed by atoms with Gasteiger partial charge < -0.3 is 10.6 Å². The van der Waals surface area contributed by atoms with Crippen molar-refractivity contribution in [1.29, 1.82) is 0 Å². The highest BCUT2D eigenvalue weighted by Crippen LogP contribution is 2.16. The van der Waals surface area contributed by atoms with Crippen LogP contribution in [0.2, 0.25) is 5.02 Å². The molecular weight excluding hydrogens is 373 g/mol. The lowest BCUT2D eigenvalue weighted by Crippen LogP contribution is -2.41. The van der Waals surface area contributed by atoms with Crippen LogP contribution in [0.1, 0.15) is 25.8 Å². The van der Waals surface area contributed by atoms with E-state index in [2.05, 4.69) is 35.5 Å². The number of hydrogen-bond donors (Lipinski definition) is 2. The van der Waals surface area contributed by atoms with Crippen LogP contribution in [0, 0.1) is 0 Å². The van der Waals surface area contributed by atoms with Crippen LogP contribution in [0.25, 0.3) is 0 Å². The van der Waals surface area contributed by atoms with E-state index in [1.807, 2.05) is 18.2 Å². The maximum Gasteiger partial charge on any atom is 0.191 e. The van der Waals surface area contributed by atoms with Crippen molar-refractivity contribution >= 4 is 41.5 Å². The van der Waals surface area contributed by atoms with Crippen molar-refractivity contribution in [2.24, 2.45) is 4.99 Å². The highest BCUT2D eigenvalue weighted by atomic mass is 127. The summed E-state index contributed by atoms with van der Waals surface area (Å²) < 4.78 is 0.